The van der Waals surface area contributed by atoms with Crippen LogP contribution in [0.3, 0.4) is 0 Å². The minimum atomic E-state index is -0.750. The van der Waals surface area contributed by atoms with Crippen molar-refractivity contribution in [2.75, 3.05) is 0 Å². The fraction of sp³-hybridized carbons (Fsp3) is 0.0952. The van der Waals surface area contributed by atoms with E-state index in [1.165, 1.54) is 12.1 Å². The van der Waals surface area contributed by atoms with Crippen molar-refractivity contribution in [3.8, 4) is 11.3 Å². The number of nitrogens with zero attached hydrogens (tertiary/aromatic N) is 1. The topological polar surface area (TPSA) is 79.5 Å². The number of aromatic nitrogens is 1. The van der Waals surface area contributed by atoms with Gasteiger partial charge in [-0.1, -0.05) is 54.5 Å². The van der Waals surface area contributed by atoms with Gasteiger partial charge in [0, 0.05) is 11.4 Å². The molecular weight excluding hydrogens is 344 g/mol. The number of carbonyl (C=O) groups excluding carboxylic acids is 3. The number of benzene rings is 2. The normalized spacial score (nSPS) is 13.0. The number of aryl methyl sites for hydroxylation is 1. The van der Waals surface area contributed by atoms with Gasteiger partial charge in [-0.3, -0.25) is 9.59 Å². The largest absolute Gasteiger partial charge is 0.365 e. The fourth-order valence-electron chi connectivity index (χ4n) is 3.11. The van der Waals surface area contributed by atoms with Crippen LogP contribution in [-0.2, 0) is 11.3 Å². The highest BCUT2D eigenvalue weighted by Gasteiger charge is 2.39. The van der Waals surface area contributed by atoms with Gasteiger partial charge in [-0.25, -0.2) is 4.79 Å². The van der Waals surface area contributed by atoms with Crippen molar-refractivity contribution >= 4 is 17.8 Å². The zero-order chi connectivity index (χ0) is 19.0. The third kappa shape index (κ3) is 2.81. The van der Waals surface area contributed by atoms with E-state index in [0.717, 1.165) is 11.3 Å². The van der Waals surface area contributed by atoms with Gasteiger partial charge >= 0.3 is 5.97 Å². The van der Waals surface area contributed by atoms with Crippen molar-refractivity contribution in [1.29, 1.82) is 0 Å². The summed E-state index contributed by atoms with van der Waals surface area (Å²) in [5.41, 5.74) is 3.12. The Balaban J connectivity index is 1.62. The molecule has 2 amide bonds. The summed E-state index contributed by atoms with van der Waals surface area (Å²) in [4.78, 5) is 45.8. The number of aromatic amines is 1. The molecule has 2 heterocycles. The number of hydrogen-bond donors (Lipinski definition) is 1. The molecule has 0 bridgehead atoms. The first-order valence-electron chi connectivity index (χ1n) is 8.57. The number of rotatable bonds is 4. The molecule has 0 radical (unpaired) electrons. The summed E-state index contributed by atoms with van der Waals surface area (Å²) in [5.74, 6) is -2.03. The third-order valence-corrected chi connectivity index (χ3v) is 4.49. The molecule has 1 aliphatic rings. The highest BCUT2D eigenvalue weighted by atomic mass is 16.7. The van der Waals surface area contributed by atoms with Crippen molar-refractivity contribution in [2.24, 2.45) is 0 Å². The highest BCUT2D eigenvalue weighted by molar-refractivity contribution is 6.21. The molecule has 27 heavy (non-hydrogen) atoms. The van der Waals surface area contributed by atoms with Gasteiger partial charge in [0.1, 0.15) is 0 Å². The summed E-state index contributed by atoms with van der Waals surface area (Å²) in [7, 11) is 0. The Hall–Kier alpha value is -3.67. The summed E-state index contributed by atoms with van der Waals surface area (Å²) in [5, 5.41) is 0.529. The lowest BCUT2D eigenvalue weighted by atomic mass is 10.1. The molecule has 0 saturated heterocycles. The molecule has 2 aromatic carbocycles. The predicted octanol–water partition coefficient (Wildman–Crippen LogP) is 3.61. The Morgan fingerprint density at radius 2 is 1.56 bits per heavy atom. The maximum absolute atomic E-state index is 12.7. The van der Waals surface area contributed by atoms with Crippen molar-refractivity contribution in [3.05, 3.63) is 83.0 Å². The van der Waals surface area contributed by atoms with Crippen LogP contribution >= 0.6 is 0 Å². The SMILES string of the molecule is CCc1[nH]c(-c2ccccc2)cc1C(=O)ON1C(=O)c2ccccc2C1=O. The van der Waals surface area contributed by atoms with Crippen molar-refractivity contribution in [3.63, 3.8) is 0 Å². The van der Waals surface area contributed by atoms with E-state index in [-0.39, 0.29) is 11.1 Å². The highest BCUT2D eigenvalue weighted by Crippen LogP contribution is 2.26. The molecule has 6 heteroatoms. The van der Waals surface area contributed by atoms with Gasteiger partial charge in [-0.2, -0.15) is 0 Å². The molecule has 1 aromatic heterocycles. The fourth-order valence-corrected chi connectivity index (χ4v) is 3.11. The molecule has 1 N–H and O–H groups in total. The van der Waals surface area contributed by atoms with Crippen LogP contribution in [0.5, 0.6) is 0 Å². The monoisotopic (exact) mass is 360 g/mol. The van der Waals surface area contributed by atoms with Gasteiger partial charge in [0.25, 0.3) is 11.8 Å². The van der Waals surface area contributed by atoms with E-state index in [1.807, 2.05) is 37.3 Å². The summed E-state index contributed by atoms with van der Waals surface area (Å²) in [6.07, 6.45) is 0.569. The number of imide groups is 1. The molecule has 0 aliphatic carbocycles. The number of nitrogens with one attached hydrogen (secondary N) is 1. The lowest BCUT2D eigenvalue weighted by Crippen LogP contribution is -2.32. The molecule has 3 aromatic rings. The average molecular weight is 360 g/mol. The quantitative estimate of drug-likeness (QED) is 0.721. The van der Waals surface area contributed by atoms with Crippen LogP contribution in [0.15, 0.2) is 60.7 Å². The molecule has 0 saturated carbocycles. The van der Waals surface area contributed by atoms with Crippen LogP contribution < -0.4 is 0 Å². The van der Waals surface area contributed by atoms with E-state index < -0.39 is 17.8 Å². The van der Waals surface area contributed by atoms with Gasteiger partial charge < -0.3 is 9.82 Å². The zero-order valence-corrected chi connectivity index (χ0v) is 14.6. The second-order valence-corrected chi connectivity index (χ2v) is 6.12. The van der Waals surface area contributed by atoms with Crippen molar-refractivity contribution < 1.29 is 19.2 Å². The van der Waals surface area contributed by atoms with Crippen LogP contribution in [0.25, 0.3) is 11.3 Å². The van der Waals surface area contributed by atoms with E-state index >= 15 is 0 Å². The van der Waals surface area contributed by atoms with Gasteiger partial charge in [0.05, 0.1) is 16.7 Å². The standard InChI is InChI=1S/C21H16N2O4/c1-2-17-16(12-18(22-17)13-8-4-3-5-9-13)21(26)27-23-19(24)14-10-6-7-11-15(14)20(23)25/h3-12,22H,2H2,1H3. The van der Waals surface area contributed by atoms with Crippen molar-refractivity contribution in [2.45, 2.75) is 13.3 Å². The maximum atomic E-state index is 12.7. The minimum Gasteiger partial charge on any atom is -0.358 e. The lowest BCUT2D eigenvalue weighted by molar-refractivity contribution is -0.0585. The van der Waals surface area contributed by atoms with E-state index in [2.05, 4.69) is 4.98 Å². The first-order valence-corrected chi connectivity index (χ1v) is 8.57. The summed E-state index contributed by atoms with van der Waals surface area (Å²) in [6.45, 7) is 1.90. The smallest absolute Gasteiger partial charge is 0.358 e. The van der Waals surface area contributed by atoms with Gasteiger partial charge in [-0.15, -0.1) is 0 Å². The van der Waals surface area contributed by atoms with Crippen LogP contribution in [0.2, 0.25) is 0 Å². The predicted molar refractivity (Wildman–Crippen MR) is 98.0 cm³/mol. The molecule has 0 spiro atoms. The summed E-state index contributed by atoms with van der Waals surface area (Å²) < 4.78 is 0. The van der Waals surface area contributed by atoms with Crippen LogP contribution in [0, 0.1) is 0 Å². The zero-order valence-electron chi connectivity index (χ0n) is 14.6. The molecule has 1 aliphatic heterocycles. The number of carbonyl (C=O) groups is 3. The second kappa shape index (κ2) is 6.57. The average Bonchev–Trinajstić information content (AvgIpc) is 3.25. The van der Waals surface area contributed by atoms with E-state index in [9.17, 15) is 14.4 Å². The van der Waals surface area contributed by atoms with Crippen molar-refractivity contribution in [1.82, 2.24) is 10.0 Å². The summed E-state index contributed by atoms with van der Waals surface area (Å²) >= 11 is 0. The second-order valence-electron chi connectivity index (χ2n) is 6.12. The number of hydrogen-bond acceptors (Lipinski definition) is 4. The summed E-state index contributed by atoms with van der Waals surface area (Å²) in [6, 6.07) is 17.6. The van der Waals surface area contributed by atoms with E-state index in [1.54, 1.807) is 18.2 Å². The first kappa shape index (κ1) is 16.8. The van der Waals surface area contributed by atoms with E-state index in [4.69, 9.17) is 4.84 Å². The van der Waals surface area contributed by atoms with Crippen LogP contribution in [0.1, 0.15) is 43.7 Å². The minimum absolute atomic E-state index is 0.227. The Morgan fingerprint density at radius 1 is 0.963 bits per heavy atom. The third-order valence-electron chi connectivity index (χ3n) is 4.49. The molecular formula is C21H16N2O4. The molecule has 4 rings (SSSR count). The Morgan fingerprint density at radius 3 is 2.15 bits per heavy atom. The number of hydroxylamine groups is 2. The first-order chi connectivity index (χ1) is 13.1. The number of H-pyrrole nitrogens is 1. The molecule has 0 atom stereocenters. The van der Waals surface area contributed by atoms with Gasteiger partial charge in [0.2, 0.25) is 0 Å². The Bertz CT molecular complexity index is 1020. The number of fused-ring (bicyclic) bond motifs is 1. The molecule has 6 nitrogen and oxygen atoms in total. The lowest BCUT2D eigenvalue weighted by Gasteiger charge is -2.12. The van der Waals surface area contributed by atoms with Crippen LogP contribution in [-0.4, -0.2) is 27.8 Å². The molecule has 134 valence electrons. The molecule has 0 unspecified atom stereocenters. The van der Waals surface area contributed by atoms with Gasteiger partial charge in [0.15, 0.2) is 0 Å². The number of amides is 2. The Kier molecular flexibility index (Phi) is 4.08. The van der Waals surface area contributed by atoms with Gasteiger partial charge in [-0.05, 0) is 30.2 Å². The molecule has 0 fully saturated rings. The maximum Gasteiger partial charge on any atom is 0.365 e. The van der Waals surface area contributed by atoms with E-state index in [0.29, 0.717) is 22.7 Å². The van der Waals surface area contributed by atoms with Crippen LogP contribution in [0.4, 0.5) is 0 Å². The Labute approximate surface area is 155 Å².